The van der Waals surface area contributed by atoms with Crippen molar-refractivity contribution in [2.45, 2.75) is 32.5 Å². The van der Waals surface area contributed by atoms with Gasteiger partial charge in [0, 0.05) is 19.1 Å². The summed E-state index contributed by atoms with van der Waals surface area (Å²) < 4.78 is 11.0. The number of benzene rings is 1. The number of amidine groups is 1. The van der Waals surface area contributed by atoms with Gasteiger partial charge in [0.25, 0.3) is 0 Å². The number of rotatable bonds is 4. The molecule has 110 valence electrons. The van der Waals surface area contributed by atoms with E-state index in [0.717, 1.165) is 25.3 Å². The molecule has 1 aromatic carbocycles. The highest BCUT2D eigenvalue weighted by atomic mass is 16.5. The number of morpholine rings is 1. The summed E-state index contributed by atoms with van der Waals surface area (Å²) in [6.45, 7) is 6.82. The van der Waals surface area contributed by atoms with Gasteiger partial charge in [-0.05, 0) is 31.5 Å². The van der Waals surface area contributed by atoms with E-state index in [1.54, 1.807) is 7.11 Å². The summed E-state index contributed by atoms with van der Waals surface area (Å²) in [6.07, 6.45) is 0.268. The van der Waals surface area contributed by atoms with Crippen LogP contribution in [0.1, 0.15) is 25.0 Å². The molecule has 5 nitrogen and oxygen atoms in total. The van der Waals surface area contributed by atoms with Gasteiger partial charge in [0.15, 0.2) is 0 Å². The van der Waals surface area contributed by atoms with Crippen LogP contribution >= 0.6 is 0 Å². The molecule has 1 aromatic rings. The summed E-state index contributed by atoms with van der Waals surface area (Å²) in [6, 6.07) is 6.23. The lowest BCUT2D eigenvalue weighted by atomic mass is 10.1. The third kappa shape index (κ3) is 3.29. The van der Waals surface area contributed by atoms with Crippen molar-refractivity contribution in [2.75, 3.05) is 20.3 Å². The van der Waals surface area contributed by atoms with Gasteiger partial charge in [-0.1, -0.05) is 6.07 Å². The Morgan fingerprint density at radius 2 is 2.25 bits per heavy atom. The van der Waals surface area contributed by atoms with Crippen molar-refractivity contribution in [3.05, 3.63) is 29.3 Å². The summed E-state index contributed by atoms with van der Waals surface area (Å²) in [5.74, 6) is 0.686. The summed E-state index contributed by atoms with van der Waals surface area (Å²) >= 11 is 0. The normalized spacial score (nSPS) is 23.6. The lowest BCUT2D eigenvalue weighted by Crippen LogP contribution is -2.46. The number of nitrogen functional groups attached to an aromatic ring is 1. The second-order valence-corrected chi connectivity index (χ2v) is 5.37. The maximum absolute atomic E-state index is 7.53. The first kappa shape index (κ1) is 14.8. The average molecular weight is 277 g/mol. The Balaban J connectivity index is 2.15. The topological polar surface area (TPSA) is 71.6 Å². The Bertz CT molecular complexity index is 490. The first-order chi connectivity index (χ1) is 9.51. The number of hydrogen-bond donors (Lipinski definition) is 2. The Morgan fingerprint density at radius 3 is 2.90 bits per heavy atom. The standard InChI is InChI=1S/C15H23N3O2/c1-10-9-20-11(2)7-18(10)8-12-4-5-13(15(16)17)14(6-12)19-3/h4-6,10-11H,7-9H2,1-3H3,(H3,16,17). The molecule has 0 aromatic heterocycles. The molecule has 20 heavy (non-hydrogen) atoms. The van der Waals surface area contributed by atoms with Gasteiger partial charge < -0.3 is 15.2 Å². The van der Waals surface area contributed by atoms with Crippen molar-refractivity contribution >= 4 is 5.84 Å². The Kier molecular flexibility index (Phi) is 4.62. The summed E-state index contributed by atoms with van der Waals surface area (Å²) in [5.41, 5.74) is 7.34. The van der Waals surface area contributed by atoms with Crippen LogP contribution in [0.25, 0.3) is 0 Å². The molecule has 1 fully saturated rings. The summed E-state index contributed by atoms with van der Waals surface area (Å²) in [4.78, 5) is 2.40. The van der Waals surface area contributed by atoms with Gasteiger partial charge >= 0.3 is 0 Å². The maximum Gasteiger partial charge on any atom is 0.130 e. The van der Waals surface area contributed by atoms with Crippen LogP contribution in [-0.4, -0.2) is 43.1 Å². The minimum atomic E-state index is 0.0294. The summed E-state index contributed by atoms with van der Waals surface area (Å²) in [7, 11) is 1.60. The molecule has 0 saturated carbocycles. The molecule has 1 aliphatic rings. The highest BCUT2D eigenvalue weighted by Gasteiger charge is 2.23. The first-order valence-corrected chi connectivity index (χ1v) is 6.88. The van der Waals surface area contributed by atoms with Crippen molar-refractivity contribution < 1.29 is 9.47 Å². The van der Waals surface area contributed by atoms with Crippen LogP contribution in [0.15, 0.2) is 18.2 Å². The maximum atomic E-state index is 7.53. The molecule has 1 aliphatic heterocycles. The lowest BCUT2D eigenvalue weighted by molar-refractivity contribution is -0.0526. The Hall–Kier alpha value is -1.59. The highest BCUT2D eigenvalue weighted by molar-refractivity contribution is 5.97. The van der Waals surface area contributed by atoms with E-state index in [0.29, 0.717) is 17.4 Å². The van der Waals surface area contributed by atoms with Crippen LogP contribution in [0.5, 0.6) is 5.75 Å². The van der Waals surface area contributed by atoms with Crippen LogP contribution in [-0.2, 0) is 11.3 Å². The zero-order chi connectivity index (χ0) is 14.7. The molecular formula is C15H23N3O2. The largest absolute Gasteiger partial charge is 0.496 e. The van der Waals surface area contributed by atoms with Crippen LogP contribution in [0.4, 0.5) is 0 Å². The molecule has 2 atom stereocenters. The quantitative estimate of drug-likeness (QED) is 0.647. The third-order valence-electron chi connectivity index (χ3n) is 3.68. The number of nitrogens with two attached hydrogens (primary N) is 1. The fraction of sp³-hybridized carbons (Fsp3) is 0.533. The van der Waals surface area contributed by atoms with E-state index in [-0.39, 0.29) is 11.9 Å². The second-order valence-electron chi connectivity index (χ2n) is 5.37. The number of nitrogens with one attached hydrogen (secondary N) is 1. The summed E-state index contributed by atoms with van der Waals surface area (Å²) in [5, 5.41) is 7.53. The molecule has 2 unspecified atom stereocenters. The molecule has 0 amide bonds. The molecular weight excluding hydrogens is 254 g/mol. The minimum absolute atomic E-state index is 0.0294. The number of hydrogen-bond acceptors (Lipinski definition) is 4. The predicted molar refractivity (Wildman–Crippen MR) is 79.3 cm³/mol. The molecule has 3 N–H and O–H groups in total. The molecule has 0 bridgehead atoms. The van der Waals surface area contributed by atoms with Crippen molar-refractivity contribution in [3.63, 3.8) is 0 Å². The van der Waals surface area contributed by atoms with Crippen molar-refractivity contribution in [1.29, 1.82) is 5.41 Å². The molecule has 0 spiro atoms. The van der Waals surface area contributed by atoms with E-state index >= 15 is 0 Å². The second kappa shape index (κ2) is 6.24. The van der Waals surface area contributed by atoms with E-state index in [1.807, 2.05) is 18.2 Å². The first-order valence-electron chi connectivity index (χ1n) is 6.88. The lowest BCUT2D eigenvalue weighted by Gasteiger charge is -2.36. The zero-order valence-electron chi connectivity index (χ0n) is 12.3. The van der Waals surface area contributed by atoms with Crippen molar-refractivity contribution in [2.24, 2.45) is 5.73 Å². The van der Waals surface area contributed by atoms with Gasteiger partial charge in [-0.15, -0.1) is 0 Å². The number of methoxy groups -OCH3 is 1. The van der Waals surface area contributed by atoms with E-state index in [4.69, 9.17) is 20.6 Å². The van der Waals surface area contributed by atoms with Gasteiger partial charge in [-0.25, -0.2) is 0 Å². The van der Waals surface area contributed by atoms with Crippen LogP contribution in [0.2, 0.25) is 0 Å². The molecule has 2 rings (SSSR count). The fourth-order valence-corrected chi connectivity index (χ4v) is 2.48. The molecule has 0 aliphatic carbocycles. The predicted octanol–water partition coefficient (Wildman–Crippen LogP) is 1.59. The fourth-order valence-electron chi connectivity index (χ4n) is 2.48. The SMILES string of the molecule is COc1cc(CN2CC(C)OCC2C)ccc1C(=N)N. The van der Waals surface area contributed by atoms with Gasteiger partial charge in [-0.3, -0.25) is 10.3 Å². The van der Waals surface area contributed by atoms with Gasteiger partial charge in [0.05, 0.1) is 25.4 Å². The number of ether oxygens (including phenoxy) is 2. The minimum Gasteiger partial charge on any atom is -0.496 e. The molecule has 0 radical (unpaired) electrons. The molecule has 5 heteroatoms. The van der Waals surface area contributed by atoms with E-state index in [9.17, 15) is 0 Å². The van der Waals surface area contributed by atoms with E-state index in [1.165, 1.54) is 0 Å². The average Bonchev–Trinajstić information content (AvgIpc) is 2.42. The van der Waals surface area contributed by atoms with Crippen LogP contribution in [0, 0.1) is 5.41 Å². The highest BCUT2D eigenvalue weighted by Crippen LogP contribution is 2.22. The Labute approximate surface area is 120 Å². The molecule has 1 heterocycles. The third-order valence-corrected chi connectivity index (χ3v) is 3.68. The molecule has 1 saturated heterocycles. The van der Waals surface area contributed by atoms with Crippen molar-refractivity contribution in [3.8, 4) is 5.75 Å². The monoisotopic (exact) mass is 277 g/mol. The van der Waals surface area contributed by atoms with Gasteiger partial charge in [0.1, 0.15) is 11.6 Å². The smallest absolute Gasteiger partial charge is 0.130 e. The van der Waals surface area contributed by atoms with E-state index < -0.39 is 0 Å². The van der Waals surface area contributed by atoms with Gasteiger partial charge in [0.2, 0.25) is 0 Å². The van der Waals surface area contributed by atoms with E-state index in [2.05, 4.69) is 18.7 Å². The van der Waals surface area contributed by atoms with Crippen LogP contribution in [0.3, 0.4) is 0 Å². The zero-order valence-corrected chi connectivity index (χ0v) is 12.3. The van der Waals surface area contributed by atoms with Crippen LogP contribution < -0.4 is 10.5 Å². The van der Waals surface area contributed by atoms with Crippen molar-refractivity contribution in [1.82, 2.24) is 4.90 Å². The number of nitrogens with zero attached hydrogens (tertiary/aromatic N) is 1. The van der Waals surface area contributed by atoms with Gasteiger partial charge in [-0.2, -0.15) is 0 Å². The Morgan fingerprint density at radius 1 is 1.50 bits per heavy atom.